The fourth-order valence-electron chi connectivity index (χ4n) is 0.0718. The number of nitrogens with one attached hydrogen (secondary N) is 1. The van der Waals surface area contributed by atoms with E-state index < -0.39 is 5.91 Å². The van der Waals surface area contributed by atoms with E-state index in [1.807, 2.05) is 0 Å². The molecule has 1 amide bonds. The molecule has 0 saturated carbocycles. The molecule has 0 spiro atoms. The summed E-state index contributed by atoms with van der Waals surface area (Å²) in [6.45, 7) is 5.71. The number of carbonyl (C=O) groups is 1. The third-order valence-electron chi connectivity index (χ3n) is 0.223. The van der Waals surface area contributed by atoms with Gasteiger partial charge in [0.2, 0.25) is 0 Å². The van der Waals surface area contributed by atoms with Gasteiger partial charge in [0.1, 0.15) is 5.91 Å². The third kappa shape index (κ3) is 10.7. The SMILES string of the molecule is [C-]#[N+]CC([NH-])=O.[Y]. The Kier molecular flexibility index (Phi) is 8.77. The van der Waals surface area contributed by atoms with Crippen LogP contribution in [0.2, 0.25) is 0 Å². The minimum Gasteiger partial charge on any atom is -0.661 e. The number of carbonyl (C=O) groups excluding carboxylic acids is 1. The summed E-state index contributed by atoms with van der Waals surface area (Å²) in [6, 6.07) is 0. The van der Waals surface area contributed by atoms with Gasteiger partial charge in [0.25, 0.3) is 6.54 Å². The van der Waals surface area contributed by atoms with Crippen LogP contribution in [-0.2, 0) is 37.5 Å². The van der Waals surface area contributed by atoms with E-state index in [2.05, 4.69) is 4.85 Å². The molecule has 0 unspecified atom stereocenters. The van der Waals surface area contributed by atoms with Gasteiger partial charge in [0.05, 0.1) is 0 Å². The van der Waals surface area contributed by atoms with Crippen molar-refractivity contribution >= 4 is 5.91 Å². The fraction of sp³-hybridized carbons (Fsp3) is 0.333. The van der Waals surface area contributed by atoms with Gasteiger partial charge in [-0.2, -0.15) is 0 Å². The first-order chi connectivity index (χ1) is 2.77. The molecule has 0 saturated heterocycles. The Morgan fingerprint density at radius 2 is 2.29 bits per heavy atom. The van der Waals surface area contributed by atoms with Crippen LogP contribution in [0.3, 0.4) is 0 Å². The Morgan fingerprint density at radius 3 is 2.29 bits per heavy atom. The molecule has 35 valence electrons. The second-order valence-electron chi connectivity index (χ2n) is 0.739. The van der Waals surface area contributed by atoms with Crippen molar-refractivity contribution < 1.29 is 37.5 Å². The molecule has 0 aliphatic carbocycles. The molecule has 0 aromatic rings. The van der Waals surface area contributed by atoms with Crippen LogP contribution in [0.1, 0.15) is 0 Å². The van der Waals surface area contributed by atoms with Crippen LogP contribution in [-0.4, -0.2) is 12.5 Å². The maximum atomic E-state index is 9.50. The fourth-order valence-corrected chi connectivity index (χ4v) is 0.0718. The molecule has 1 N–H and O–H groups in total. The molecule has 0 aliphatic heterocycles. The summed E-state index contributed by atoms with van der Waals surface area (Å²) < 4.78 is 0. The Hall–Kier alpha value is 0.0639. The van der Waals surface area contributed by atoms with E-state index in [4.69, 9.17) is 12.3 Å². The minimum absolute atomic E-state index is 0. The monoisotopic (exact) mass is 172 g/mol. The molecule has 0 atom stereocenters. The van der Waals surface area contributed by atoms with Gasteiger partial charge in [-0.3, -0.25) is 0 Å². The summed E-state index contributed by atoms with van der Waals surface area (Å²) in [5.74, 6) is -0.815. The topological polar surface area (TPSA) is 45.2 Å². The van der Waals surface area contributed by atoms with Crippen molar-refractivity contribution in [3.8, 4) is 0 Å². The van der Waals surface area contributed by atoms with E-state index in [-0.39, 0.29) is 39.3 Å². The maximum absolute atomic E-state index is 9.50. The van der Waals surface area contributed by atoms with E-state index in [0.29, 0.717) is 0 Å². The van der Waals surface area contributed by atoms with Crippen molar-refractivity contribution in [2.24, 2.45) is 0 Å². The second-order valence-corrected chi connectivity index (χ2v) is 0.739. The van der Waals surface area contributed by atoms with Gasteiger partial charge in [0, 0.05) is 32.7 Å². The van der Waals surface area contributed by atoms with Gasteiger partial charge in [-0.1, -0.05) is 0 Å². The number of hydrogen-bond donors (Lipinski definition) is 0. The van der Waals surface area contributed by atoms with Crippen LogP contribution in [0.4, 0.5) is 0 Å². The molecular formula is C3H3N2OY-. The van der Waals surface area contributed by atoms with Gasteiger partial charge in [-0.05, 0) is 0 Å². The molecule has 0 aromatic heterocycles. The Balaban J connectivity index is 0. The van der Waals surface area contributed by atoms with E-state index in [1.54, 1.807) is 0 Å². The summed E-state index contributed by atoms with van der Waals surface area (Å²) in [5, 5.41) is 0. The summed E-state index contributed by atoms with van der Waals surface area (Å²) in [7, 11) is 0. The molecule has 1 radical (unpaired) electrons. The normalized spacial score (nSPS) is 5.57. The summed E-state index contributed by atoms with van der Waals surface area (Å²) >= 11 is 0. The molecule has 0 rings (SSSR count). The second kappa shape index (κ2) is 6.06. The van der Waals surface area contributed by atoms with Gasteiger partial charge >= 0.3 is 0 Å². The zero-order chi connectivity index (χ0) is 4.99. The number of amides is 1. The molecule has 0 heterocycles. The molecule has 3 nitrogen and oxygen atoms in total. The van der Waals surface area contributed by atoms with Gasteiger partial charge in [-0.15, -0.1) is 0 Å². The standard InChI is InChI=1S/C3H4N2O.Y/c1-5-2-3(4)6;/h2H2,(H2,4,6);/p-1. The van der Waals surface area contributed by atoms with Gasteiger partial charge in [0.15, 0.2) is 0 Å². The van der Waals surface area contributed by atoms with Crippen molar-refractivity contribution in [3.63, 3.8) is 0 Å². The van der Waals surface area contributed by atoms with Crippen LogP contribution >= 0.6 is 0 Å². The van der Waals surface area contributed by atoms with Crippen LogP contribution in [0.25, 0.3) is 10.6 Å². The largest absolute Gasteiger partial charge is 0.661 e. The van der Waals surface area contributed by atoms with Crippen LogP contribution in [0.15, 0.2) is 0 Å². The zero-order valence-corrected chi connectivity index (χ0v) is 6.48. The Bertz CT molecular complexity index is 95.6. The molecule has 0 aromatic carbocycles. The number of rotatable bonds is 1. The Morgan fingerprint density at radius 1 is 1.86 bits per heavy atom. The first-order valence-electron chi connectivity index (χ1n) is 1.35. The Labute approximate surface area is 67.0 Å². The summed E-state index contributed by atoms with van der Waals surface area (Å²) in [4.78, 5) is 12.1. The third-order valence-corrected chi connectivity index (χ3v) is 0.223. The van der Waals surface area contributed by atoms with Gasteiger partial charge in [-0.25, -0.2) is 6.57 Å². The van der Waals surface area contributed by atoms with Crippen LogP contribution < -0.4 is 0 Å². The maximum Gasteiger partial charge on any atom is 0.255 e. The molecule has 4 heteroatoms. The zero-order valence-electron chi connectivity index (χ0n) is 3.64. The summed E-state index contributed by atoms with van der Waals surface area (Å²) in [5.41, 5.74) is 6.12. The molecule has 0 fully saturated rings. The van der Waals surface area contributed by atoms with Crippen molar-refractivity contribution in [2.45, 2.75) is 0 Å². The van der Waals surface area contributed by atoms with E-state index in [1.165, 1.54) is 0 Å². The van der Waals surface area contributed by atoms with Crippen molar-refractivity contribution in [3.05, 3.63) is 17.2 Å². The van der Waals surface area contributed by atoms with Crippen molar-refractivity contribution in [1.82, 2.24) is 0 Å². The smallest absolute Gasteiger partial charge is 0.255 e. The van der Waals surface area contributed by atoms with Crippen LogP contribution in [0, 0.1) is 6.57 Å². The van der Waals surface area contributed by atoms with E-state index in [0.717, 1.165) is 0 Å². The average Bonchev–Trinajstić information content (AvgIpc) is 1.35. The molecule has 0 bridgehead atoms. The van der Waals surface area contributed by atoms with Crippen molar-refractivity contribution in [2.75, 3.05) is 6.54 Å². The molecular weight excluding hydrogens is 169 g/mol. The predicted molar refractivity (Wildman–Crippen MR) is 20.8 cm³/mol. The molecule has 0 aliphatic rings. The van der Waals surface area contributed by atoms with E-state index >= 15 is 0 Å². The quantitative estimate of drug-likeness (QED) is 0.530. The number of hydrogen-bond acceptors (Lipinski definition) is 1. The van der Waals surface area contributed by atoms with Crippen molar-refractivity contribution in [1.29, 1.82) is 0 Å². The average molecular weight is 172 g/mol. The first-order valence-corrected chi connectivity index (χ1v) is 1.35. The summed E-state index contributed by atoms with van der Waals surface area (Å²) in [6.07, 6.45) is 0. The first kappa shape index (κ1) is 10.1. The molecule has 7 heavy (non-hydrogen) atoms. The minimum atomic E-state index is -0.815. The number of nitrogens with zero attached hydrogens (tertiary/aromatic N) is 1. The van der Waals surface area contributed by atoms with E-state index in [9.17, 15) is 4.79 Å². The van der Waals surface area contributed by atoms with Gasteiger partial charge < -0.3 is 15.4 Å². The van der Waals surface area contributed by atoms with Crippen LogP contribution in [0.5, 0.6) is 0 Å². The predicted octanol–water partition coefficient (Wildman–Crippen LogP) is 0.482.